The summed E-state index contributed by atoms with van der Waals surface area (Å²) < 4.78 is 46.5. The normalized spacial score (nSPS) is 11.1. The van der Waals surface area contributed by atoms with E-state index in [-0.39, 0.29) is 24.9 Å². The number of ether oxygens (including phenoxy) is 2. The highest BCUT2D eigenvalue weighted by atomic mass is 19.4. The van der Waals surface area contributed by atoms with E-state index >= 15 is 0 Å². The van der Waals surface area contributed by atoms with Crippen LogP contribution in [0.4, 0.5) is 13.2 Å². The summed E-state index contributed by atoms with van der Waals surface area (Å²) in [5.41, 5.74) is 2.59. The molecule has 2 rings (SSSR count). The van der Waals surface area contributed by atoms with E-state index in [1.165, 1.54) is 12.3 Å². The van der Waals surface area contributed by atoms with Crippen molar-refractivity contribution < 1.29 is 27.4 Å². The monoisotopic (exact) mass is 368 g/mol. The zero-order valence-corrected chi connectivity index (χ0v) is 14.4. The lowest BCUT2D eigenvalue weighted by molar-refractivity contribution is -0.154. The Balaban J connectivity index is 1.81. The van der Waals surface area contributed by atoms with Crippen LogP contribution in [-0.2, 0) is 11.3 Å². The highest BCUT2D eigenvalue weighted by molar-refractivity contribution is 5.77. The standard InChI is InChI=1S/C18H19F3N2O3/c1-12-3-4-15(13(2)7-12)25-10-16(24)23-9-14-5-6-22-17(8-14)26-11-18(19,20)21/h3-8H,9-11H2,1-2H3,(H,23,24). The number of pyridine rings is 1. The number of hydrogen-bond acceptors (Lipinski definition) is 4. The number of amides is 1. The average Bonchev–Trinajstić information content (AvgIpc) is 2.57. The Bertz CT molecular complexity index is 764. The molecule has 0 saturated carbocycles. The van der Waals surface area contributed by atoms with E-state index in [4.69, 9.17) is 4.74 Å². The number of aryl methyl sites for hydroxylation is 2. The molecule has 1 aromatic heterocycles. The van der Waals surface area contributed by atoms with Crippen LogP contribution in [0, 0.1) is 13.8 Å². The number of nitrogens with one attached hydrogen (secondary N) is 1. The van der Waals surface area contributed by atoms with Crippen LogP contribution >= 0.6 is 0 Å². The van der Waals surface area contributed by atoms with Crippen LogP contribution < -0.4 is 14.8 Å². The fourth-order valence-electron chi connectivity index (χ4n) is 2.15. The number of carbonyl (C=O) groups is 1. The molecule has 0 aliphatic carbocycles. The first-order valence-corrected chi connectivity index (χ1v) is 7.84. The number of hydrogen-bond donors (Lipinski definition) is 1. The molecule has 8 heteroatoms. The van der Waals surface area contributed by atoms with Crippen molar-refractivity contribution in [3.63, 3.8) is 0 Å². The molecule has 1 amide bonds. The SMILES string of the molecule is Cc1ccc(OCC(=O)NCc2ccnc(OCC(F)(F)F)c2)c(C)c1. The molecule has 0 fully saturated rings. The number of benzene rings is 1. The van der Waals surface area contributed by atoms with Crippen LogP contribution in [0.5, 0.6) is 11.6 Å². The highest BCUT2D eigenvalue weighted by Gasteiger charge is 2.28. The third kappa shape index (κ3) is 6.62. The Hall–Kier alpha value is -2.77. The molecule has 0 saturated heterocycles. The Labute approximate surface area is 149 Å². The number of alkyl halides is 3. The molecule has 0 aliphatic rings. The van der Waals surface area contributed by atoms with Crippen LogP contribution in [0.25, 0.3) is 0 Å². The van der Waals surface area contributed by atoms with Gasteiger partial charge in [0, 0.05) is 18.8 Å². The fourth-order valence-corrected chi connectivity index (χ4v) is 2.15. The van der Waals surface area contributed by atoms with Crippen LogP contribution in [0.2, 0.25) is 0 Å². The van der Waals surface area contributed by atoms with Gasteiger partial charge in [0.15, 0.2) is 13.2 Å². The summed E-state index contributed by atoms with van der Waals surface area (Å²) in [5.74, 6) is 0.123. The van der Waals surface area contributed by atoms with Crippen molar-refractivity contribution in [1.82, 2.24) is 10.3 Å². The number of aromatic nitrogens is 1. The first-order chi connectivity index (χ1) is 12.2. The molecule has 5 nitrogen and oxygen atoms in total. The van der Waals surface area contributed by atoms with E-state index in [2.05, 4.69) is 15.0 Å². The van der Waals surface area contributed by atoms with Gasteiger partial charge >= 0.3 is 6.18 Å². The van der Waals surface area contributed by atoms with E-state index in [1.807, 2.05) is 26.0 Å². The van der Waals surface area contributed by atoms with Gasteiger partial charge in [-0.3, -0.25) is 4.79 Å². The van der Waals surface area contributed by atoms with Gasteiger partial charge < -0.3 is 14.8 Å². The first kappa shape index (κ1) is 19.6. The van der Waals surface area contributed by atoms with Gasteiger partial charge in [-0.25, -0.2) is 4.98 Å². The highest BCUT2D eigenvalue weighted by Crippen LogP contribution is 2.19. The van der Waals surface area contributed by atoms with Gasteiger partial charge in [-0.05, 0) is 37.1 Å². The number of carbonyl (C=O) groups excluding carboxylic acids is 1. The second-order valence-corrected chi connectivity index (χ2v) is 5.74. The zero-order chi connectivity index (χ0) is 19.2. The largest absolute Gasteiger partial charge is 0.484 e. The quantitative estimate of drug-likeness (QED) is 0.814. The van der Waals surface area contributed by atoms with E-state index in [1.54, 1.807) is 12.1 Å². The minimum Gasteiger partial charge on any atom is -0.484 e. The summed E-state index contributed by atoms with van der Waals surface area (Å²) in [5, 5.41) is 2.63. The van der Waals surface area contributed by atoms with Gasteiger partial charge in [0.2, 0.25) is 5.88 Å². The molecule has 1 aromatic carbocycles. The molecule has 1 heterocycles. The van der Waals surface area contributed by atoms with Crippen molar-refractivity contribution in [1.29, 1.82) is 0 Å². The Morgan fingerprint density at radius 1 is 1.15 bits per heavy atom. The maximum absolute atomic E-state index is 12.1. The lowest BCUT2D eigenvalue weighted by Crippen LogP contribution is -2.28. The molecule has 0 radical (unpaired) electrons. The van der Waals surface area contributed by atoms with Gasteiger partial charge in [0.1, 0.15) is 5.75 Å². The number of halogens is 3. The van der Waals surface area contributed by atoms with Crippen molar-refractivity contribution in [2.24, 2.45) is 0 Å². The Morgan fingerprint density at radius 2 is 1.92 bits per heavy atom. The summed E-state index contributed by atoms with van der Waals surface area (Å²) in [6, 6.07) is 8.56. The van der Waals surface area contributed by atoms with Gasteiger partial charge in [0.05, 0.1) is 0 Å². The molecular formula is C18H19F3N2O3. The molecule has 0 atom stereocenters. The second kappa shape index (κ2) is 8.55. The zero-order valence-electron chi connectivity index (χ0n) is 14.4. The van der Waals surface area contributed by atoms with Gasteiger partial charge in [-0.2, -0.15) is 13.2 Å². The van der Waals surface area contributed by atoms with Crippen molar-refractivity contribution in [3.8, 4) is 11.6 Å². The maximum Gasteiger partial charge on any atom is 0.422 e. The number of nitrogens with zero attached hydrogens (tertiary/aromatic N) is 1. The molecule has 0 spiro atoms. The van der Waals surface area contributed by atoms with E-state index < -0.39 is 12.8 Å². The van der Waals surface area contributed by atoms with E-state index in [0.717, 1.165) is 11.1 Å². The third-order valence-electron chi connectivity index (χ3n) is 3.36. The van der Waals surface area contributed by atoms with Crippen LogP contribution in [0.1, 0.15) is 16.7 Å². The minimum atomic E-state index is -4.43. The van der Waals surface area contributed by atoms with E-state index in [0.29, 0.717) is 11.3 Å². The number of rotatable bonds is 7. The van der Waals surface area contributed by atoms with Crippen LogP contribution in [-0.4, -0.2) is 30.3 Å². The van der Waals surface area contributed by atoms with Gasteiger partial charge in [-0.1, -0.05) is 17.7 Å². The molecule has 2 aromatic rings. The summed E-state index contributed by atoms with van der Waals surface area (Å²) in [4.78, 5) is 15.6. The van der Waals surface area contributed by atoms with E-state index in [9.17, 15) is 18.0 Å². The summed E-state index contributed by atoms with van der Waals surface area (Å²) >= 11 is 0. The smallest absolute Gasteiger partial charge is 0.422 e. The minimum absolute atomic E-state index is 0.125. The van der Waals surface area contributed by atoms with Crippen LogP contribution in [0.15, 0.2) is 36.5 Å². The maximum atomic E-state index is 12.1. The molecule has 0 aliphatic heterocycles. The van der Waals surface area contributed by atoms with Crippen molar-refractivity contribution in [3.05, 3.63) is 53.2 Å². The summed E-state index contributed by atoms with van der Waals surface area (Å²) in [6.45, 7) is 2.40. The summed E-state index contributed by atoms with van der Waals surface area (Å²) in [6.07, 6.45) is -3.11. The van der Waals surface area contributed by atoms with Gasteiger partial charge in [0.25, 0.3) is 5.91 Å². The predicted octanol–water partition coefficient (Wildman–Crippen LogP) is 3.33. The molecule has 0 bridgehead atoms. The van der Waals surface area contributed by atoms with Crippen molar-refractivity contribution in [2.75, 3.05) is 13.2 Å². The molecule has 26 heavy (non-hydrogen) atoms. The lowest BCUT2D eigenvalue weighted by Gasteiger charge is -2.11. The molecular weight excluding hydrogens is 349 g/mol. The van der Waals surface area contributed by atoms with Crippen molar-refractivity contribution >= 4 is 5.91 Å². The van der Waals surface area contributed by atoms with Crippen molar-refractivity contribution in [2.45, 2.75) is 26.6 Å². The molecule has 140 valence electrons. The Morgan fingerprint density at radius 3 is 2.62 bits per heavy atom. The fraction of sp³-hybridized carbons (Fsp3) is 0.333. The van der Waals surface area contributed by atoms with Crippen LogP contribution in [0.3, 0.4) is 0 Å². The molecule has 0 unspecified atom stereocenters. The topological polar surface area (TPSA) is 60.5 Å². The average molecular weight is 368 g/mol. The molecule has 1 N–H and O–H groups in total. The second-order valence-electron chi connectivity index (χ2n) is 5.74. The van der Waals surface area contributed by atoms with Gasteiger partial charge in [-0.15, -0.1) is 0 Å². The predicted molar refractivity (Wildman–Crippen MR) is 89.0 cm³/mol. The lowest BCUT2D eigenvalue weighted by atomic mass is 10.1. The third-order valence-corrected chi connectivity index (χ3v) is 3.36. The first-order valence-electron chi connectivity index (χ1n) is 7.84. The Kier molecular flexibility index (Phi) is 6.43. The summed E-state index contributed by atoms with van der Waals surface area (Å²) in [7, 11) is 0.